The van der Waals surface area contributed by atoms with Gasteiger partial charge < -0.3 is 9.90 Å². The molecular weight excluding hydrogens is 244 g/mol. The maximum atomic E-state index is 9.37. The Hall–Kier alpha value is -1.09. The second-order valence-electron chi connectivity index (χ2n) is 2.57. The minimum Gasteiger partial charge on any atom is -0.508 e. The summed E-state index contributed by atoms with van der Waals surface area (Å²) in [6, 6.07) is 5.53. The molecule has 0 unspecified atom stereocenters. The van der Waals surface area contributed by atoms with Gasteiger partial charge in [0.05, 0.1) is 0 Å². The number of hydrogen-bond acceptors (Lipinski definition) is 2. The zero-order valence-corrected chi connectivity index (χ0v) is 9.91. The van der Waals surface area contributed by atoms with Crippen molar-refractivity contribution in [2.45, 2.75) is 13.3 Å². The van der Waals surface area contributed by atoms with Crippen molar-refractivity contribution in [2.75, 3.05) is 0 Å². The number of phenolic OH excluding ortho intramolecular Hbond substituents is 1. The van der Waals surface area contributed by atoms with Crippen LogP contribution in [0.4, 0.5) is 0 Å². The third kappa shape index (κ3) is 4.23. The molecule has 3 heteroatoms. The Balaban J connectivity index is 0. The lowest BCUT2D eigenvalue weighted by atomic mass is 10.1. The van der Waals surface area contributed by atoms with Crippen LogP contribution in [0.25, 0.3) is 0 Å². The van der Waals surface area contributed by atoms with Crippen molar-refractivity contribution in [3.63, 3.8) is 0 Å². The van der Waals surface area contributed by atoms with E-state index in [9.17, 15) is 5.11 Å². The highest BCUT2D eigenvalue weighted by atomic mass is 79.9. The number of benzene rings is 1. The van der Waals surface area contributed by atoms with Crippen LogP contribution >= 0.6 is 17.0 Å². The molecule has 0 atom stereocenters. The maximum absolute atomic E-state index is 9.37. The molecule has 0 aromatic heterocycles. The maximum Gasteiger partial charge on any atom is 0.119 e. The molecule has 0 fully saturated rings. The van der Waals surface area contributed by atoms with E-state index in [1.54, 1.807) is 12.1 Å². The van der Waals surface area contributed by atoms with Gasteiger partial charge in [-0.2, -0.15) is 0 Å². The van der Waals surface area contributed by atoms with E-state index in [0.717, 1.165) is 17.5 Å². The summed E-state index contributed by atoms with van der Waals surface area (Å²) in [5.41, 5.74) is 2.09. The summed E-state index contributed by atoms with van der Waals surface area (Å²) in [6.07, 6.45) is 2.53. The van der Waals surface area contributed by atoms with E-state index in [2.05, 4.69) is 6.58 Å². The number of carbonyl (C=O) groups excluding carboxylic acids is 1. The summed E-state index contributed by atoms with van der Waals surface area (Å²) >= 11 is 0. The third-order valence-electron chi connectivity index (χ3n) is 1.73. The SMILES string of the molecule is Br.C=CCc1c(C)cccc1O.C=O. The van der Waals surface area contributed by atoms with Gasteiger partial charge in [0.25, 0.3) is 0 Å². The highest BCUT2D eigenvalue weighted by molar-refractivity contribution is 8.93. The Kier molecular flexibility index (Phi) is 9.35. The summed E-state index contributed by atoms with van der Waals surface area (Å²) in [5, 5.41) is 9.37. The molecule has 0 spiro atoms. The van der Waals surface area contributed by atoms with Crippen molar-refractivity contribution in [2.24, 2.45) is 0 Å². The summed E-state index contributed by atoms with van der Waals surface area (Å²) < 4.78 is 0. The molecule has 0 aliphatic heterocycles. The standard InChI is InChI=1S/C10H12O.CH2O.BrH/c1-3-5-9-8(2)6-4-7-10(9)11;1-2;/h3-4,6-7,11H,1,5H2,2H3;1H2;1H. The van der Waals surface area contributed by atoms with Crippen molar-refractivity contribution in [3.05, 3.63) is 42.0 Å². The van der Waals surface area contributed by atoms with Crippen molar-refractivity contribution in [3.8, 4) is 5.75 Å². The van der Waals surface area contributed by atoms with Crippen LogP contribution in [-0.2, 0) is 11.2 Å². The van der Waals surface area contributed by atoms with Crippen LogP contribution in [-0.4, -0.2) is 11.9 Å². The fourth-order valence-corrected chi connectivity index (χ4v) is 1.10. The molecule has 1 aromatic rings. The molecule has 0 saturated heterocycles. The molecule has 0 aliphatic rings. The minimum absolute atomic E-state index is 0. The second kappa shape index (κ2) is 8.51. The van der Waals surface area contributed by atoms with Gasteiger partial charge in [-0.3, -0.25) is 0 Å². The van der Waals surface area contributed by atoms with Crippen molar-refractivity contribution >= 4 is 23.8 Å². The van der Waals surface area contributed by atoms with E-state index in [1.165, 1.54) is 0 Å². The lowest BCUT2D eigenvalue weighted by molar-refractivity contribution is -0.0979. The van der Waals surface area contributed by atoms with Gasteiger partial charge in [-0.05, 0) is 25.0 Å². The van der Waals surface area contributed by atoms with E-state index in [1.807, 2.05) is 25.8 Å². The lowest BCUT2D eigenvalue weighted by Gasteiger charge is -2.04. The lowest BCUT2D eigenvalue weighted by Crippen LogP contribution is -1.86. The molecular formula is C11H15BrO2. The zero-order valence-electron chi connectivity index (χ0n) is 8.19. The Labute approximate surface area is 95.0 Å². The van der Waals surface area contributed by atoms with Crippen LogP contribution in [0.1, 0.15) is 11.1 Å². The first-order valence-electron chi connectivity index (χ1n) is 3.93. The average Bonchev–Trinajstić information content (AvgIpc) is 2.15. The number of carbonyl (C=O) groups is 1. The van der Waals surface area contributed by atoms with E-state index in [-0.39, 0.29) is 17.0 Å². The van der Waals surface area contributed by atoms with Gasteiger partial charge in [0.15, 0.2) is 0 Å². The van der Waals surface area contributed by atoms with Crippen molar-refractivity contribution < 1.29 is 9.90 Å². The van der Waals surface area contributed by atoms with Crippen LogP contribution in [0.3, 0.4) is 0 Å². The number of aromatic hydroxyl groups is 1. The highest BCUT2D eigenvalue weighted by Gasteiger charge is 2.00. The van der Waals surface area contributed by atoms with E-state index < -0.39 is 0 Å². The molecule has 0 amide bonds. The molecule has 14 heavy (non-hydrogen) atoms. The summed E-state index contributed by atoms with van der Waals surface area (Å²) in [6.45, 7) is 7.61. The van der Waals surface area contributed by atoms with Gasteiger partial charge in [-0.25, -0.2) is 0 Å². The fraction of sp³-hybridized carbons (Fsp3) is 0.182. The highest BCUT2D eigenvalue weighted by Crippen LogP contribution is 2.20. The molecule has 0 heterocycles. The molecule has 1 aromatic carbocycles. The largest absolute Gasteiger partial charge is 0.508 e. The number of phenols is 1. The predicted octanol–water partition coefficient (Wildman–Crippen LogP) is 2.82. The summed E-state index contributed by atoms with van der Waals surface area (Å²) in [7, 11) is 0. The first-order chi connectivity index (χ1) is 6.25. The molecule has 0 radical (unpaired) electrons. The normalized spacial score (nSPS) is 7.79. The third-order valence-corrected chi connectivity index (χ3v) is 1.73. The average molecular weight is 259 g/mol. The van der Waals surface area contributed by atoms with Crippen molar-refractivity contribution in [1.82, 2.24) is 0 Å². The van der Waals surface area contributed by atoms with Gasteiger partial charge in [-0.15, -0.1) is 23.6 Å². The van der Waals surface area contributed by atoms with Crippen LogP contribution in [0, 0.1) is 6.92 Å². The minimum atomic E-state index is 0. The van der Waals surface area contributed by atoms with E-state index in [0.29, 0.717) is 5.75 Å². The molecule has 0 saturated carbocycles. The molecule has 2 nitrogen and oxygen atoms in total. The number of aryl methyl sites for hydroxylation is 1. The number of rotatable bonds is 2. The molecule has 1 N–H and O–H groups in total. The molecule has 78 valence electrons. The van der Waals surface area contributed by atoms with Crippen LogP contribution in [0.5, 0.6) is 5.75 Å². The second-order valence-corrected chi connectivity index (χ2v) is 2.57. The van der Waals surface area contributed by atoms with Gasteiger partial charge >= 0.3 is 0 Å². The first kappa shape index (κ1) is 15.4. The number of halogens is 1. The van der Waals surface area contributed by atoms with Crippen LogP contribution in [0.2, 0.25) is 0 Å². The quantitative estimate of drug-likeness (QED) is 0.829. The van der Waals surface area contributed by atoms with Gasteiger partial charge in [0.2, 0.25) is 0 Å². The van der Waals surface area contributed by atoms with Gasteiger partial charge in [-0.1, -0.05) is 18.2 Å². The zero-order chi connectivity index (χ0) is 10.3. The smallest absolute Gasteiger partial charge is 0.119 e. The topological polar surface area (TPSA) is 37.3 Å². The van der Waals surface area contributed by atoms with Crippen LogP contribution in [0.15, 0.2) is 30.9 Å². The molecule has 0 bridgehead atoms. The van der Waals surface area contributed by atoms with E-state index >= 15 is 0 Å². The fourth-order valence-electron chi connectivity index (χ4n) is 1.10. The predicted molar refractivity (Wildman–Crippen MR) is 64.2 cm³/mol. The Morgan fingerprint density at radius 2 is 2.00 bits per heavy atom. The number of allylic oxidation sites excluding steroid dienone is 1. The Morgan fingerprint density at radius 3 is 2.43 bits per heavy atom. The van der Waals surface area contributed by atoms with Gasteiger partial charge in [0.1, 0.15) is 12.5 Å². The number of hydrogen-bond donors (Lipinski definition) is 1. The van der Waals surface area contributed by atoms with Crippen molar-refractivity contribution in [1.29, 1.82) is 0 Å². The van der Waals surface area contributed by atoms with E-state index in [4.69, 9.17) is 4.79 Å². The molecule has 0 aliphatic carbocycles. The monoisotopic (exact) mass is 258 g/mol. The van der Waals surface area contributed by atoms with Crippen LogP contribution < -0.4 is 0 Å². The summed E-state index contributed by atoms with van der Waals surface area (Å²) in [5.74, 6) is 0.366. The Bertz CT molecular complexity index is 264. The van der Waals surface area contributed by atoms with Gasteiger partial charge in [0, 0.05) is 5.56 Å². The summed E-state index contributed by atoms with van der Waals surface area (Å²) in [4.78, 5) is 8.00. The first-order valence-corrected chi connectivity index (χ1v) is 3.93. The Morgan fingerprint density at radius 1 is 1.43 bits per heavy atom. The molecule has 1 rings (SSSR count).